The molecule has 23 heteroatoms. The quantitative estimate of drug-likeness (QED) is 0.0751. The minimum absolute atomic E-state index is 0.0452. The van der Waals surface area contributed by atoms with Crippen LogP contribution in [0.4, 0.5) is 0 Å². The summed E-state index contributed by atoms with van der Waals surface area (Å²) in [5, 5.41) is 29.6. The molecule has 2 fully saturated rings. The van der Waals surface area contributed by atoms with Crippen LogP contribution in [0.2, 0.25) is 0 Å². The van der Waals surface area contributed by atoms with E-state index in [1.54, 1.807) is 62.3 Å². The highest BCUT2D eigenvalue weighted by Crippen LogP contribution is 2.29. The van der Waals surface area contributed by atoms with Gasteiger partial charge in [-0.05, 0) is 107 Å². The number of unbranched alkanes of at least 4 members (excludes halogenated alkanes) is 4. The average molecular weight is 1340 g/mol. The fourth-order valence-corrected chi connectivity index (χ4v) is 13.2. The maximum absolute atomic E-state index is 15.1. The van der Waals surface area contributed by atoms with Crippen LogP contribution in [0.3, 0.4) is 0 Å². The molecule has 542 valence electrons. The number of carbonyl (C=O) groups is 11. The fourth-order valence-electron chi connectivity index (χ4n) is 13.2. The highest BCUT2D eigenvalue weighted by atomic mass is 16.5. The van der Waals surface area contributed by atoms with E-state index in [2.05, 4.69) is 26.9 Å². The van der Waals surface area contributed by atoms with E-state index in [1.807, 2.05) is 41.5 Å². The predicted molar refractivity (Wildman–Crippen MR) is 366 cm³/mol. The van der Waals surface area contributed by atoms with Crippen LogP contribution in [0.5, 0.6) is 0 Å². The van der Waals surface area contributed by atoms with Crippen molar-refractivity contribution in [1.29, 1.82) is 5.26 Å². The Morgan fingerprint density at radius 3 is 1.64 bits per heavy atom. The van der Waals surface area contributed by atoms with E-state index in [0.29, 0.717) is 51.7 Å². The topological polar surface area (TPSA) is 303 Å². The maximum Gasteiger partial charge on any atom is 0.245 e. The Hall–Kier alpha value is -5.70. The first-order valence-corrected chi connectivity index (χ1v) is 35.5. The van der Waals surface area contributed by atoms with Gasteiger partial charge in [0.25, 0.3) is 0 Å². The number of aliphatic hydroxyl groups is 1. The van der Waals surface area contributed by atoms with Crippen LogP contribution in [0.25, 0.3) is 0 Å². The third-order valence-corrected chi connectivity index (χ3v) is 19.1. The highest BCUT2D eigenvalue weighted by molar-refractivity contribution is 6.00. The van der Waals surface area contributed by atoms with E-state index < -0.39 is 167 Å². The lowest BCUT2D eigenvalue weighted by Gasteiger charge is -2.36. The molecule has 2 aliphatic rings. The van der Waals surface area contributed by atoms with Crippen LogP contribution < -0.4 is 16.0 Å². The Morgan fingerprint density at radius 1 is 0.558 bits per heavy atom. The van der Waals surface area contributed by atoms with Crippen LogP contribution in [0.15, 0.2) is 0 Å². The van der Waals surface area contributed by atoms with Crippen molar-refractivity contribution in [3.63, 3.8) is 0 Å². The molecule has 4 N–H and O–H groups in total. The van der Waals surface area contributed by atoms with Gasteiger partial charge in [0, 0.05) is 104 Å². The first kappa shape index (κ1) is 85.4. The second-order valence-electron chi connectivity index (χ2n) is 29.5. The predicted octanol–water partition coefficient (Wildman–Crippen LogP) is 6.97. The van der Waals surface area contributed by atoms with Crippen molar-refractivity contribution in [2.24, 2.45) is 59.2 Å². The maximum atomic E-state index is 15.1. The number of morpholine rings is 1. The molecule has 7 amide bonds. The van der Waals surface area contributed by atoms with Gasteiger partial charge in [0.15, 0.2) is 23.1 Å². The second-order valence-corrected chi connectivity index (χ2v) is 29.5. The number of nitrogens with zero attached hydrogens (tertiary/aromatic N) is 6. The number of nitrogens with one attached hydrogen (secondary N) is 3. The number of aliphatic hydroxyl groups excluding tert-OH is 1. The molecule has 0 saturated carbocycles. The molecule has 0 aromatic carbocycles. The van der Waals surface area contributed by atoms with Gasteiger partial charge in [-0.25, -0.2) is 0 Å². The summed E-state index contributed by atoms with van der Waals surface area (Å²) >= 11 is 0. The largest absolute Gasteiger partial charge is 0.390 e. The van der Waals surface area contributed by atoms with E-state index >= 15 is 4.79 Å². The normalized spacial score (nSPS) is 27.4. The van der Waals surface area contributed by atoms with Gasteiger partial charge in [-0.2, -0.15) is 5.26 Å². The fraction of sp³-hybridized carbons (Fsp3) is 0.833. The number of Topliss-reactive ketones (excluding diaryl/α,β-unsaturated/α-hetero) is 4. The van der Waals surface area contributed by atoms with Crippen molar-refractivity contribution in [2.75, 3.05) is 67.6 Å². The zero-order valence-electron chi connectivity index (χ0n) is 61.8. The monoisotopic (exact) mass is 1340 g/mol. The SMILES string of the molecule is CC[C@@H]1NC(=O)[C@H]([C@H](O)[C@H](C)CCCCCC#N)NC(=O)[C@H](C(C)C)N(C)C(=O)[C@H](CC(C)C)CC(=O)[C@H](CC(C)C)N(C)C(=O)[C@@H](C)NC(=O)[C@H](C)CC(=O)[C@H](CC(C)C)N(C)C(=O)[C@H](C(C)C)CC(=O)[C@H]([C@@H](C)OCCCCN2CCOCC2)N(C)C(=O)[C@@H](C)CC1=O. The van der Waals surface area contributed by atoms with Gasteiger partial charge >= 0.3 is 0 Å². The Bertz CT molecular complexity index is 2550. The van der Waals surface area contributed by atoms with E-state index in [4.69, 9.17) is 14.7 Å². The summed E-state index contributed by atoms with van der Waals surface area (Å²) in [6, 6.07) is -6.45. The van der Waals surface area contributed by atoms with Crippen molar-refractivity contribution in [2.45, 2.75) is 262 Å². The molecule has 0 spiro atoms. The van der Waals surface area contributed by atoms with Crippen molar-refractivity contribution >= 4 is 64.5 Å². The lowest BCUT2D eigenvalue weighted by molar-refractivity contribution is -0.150. The summed E-state index contributed by atoms with van der Waals surface area (Å²) in [4.78, 5) is 169. The smallest absolute Gasteiger partial charge is 0.245 e. The van der Waals surface area contributed by atoms with E-state index in [0.717, 1.165) is 26.1 Å². The molecule has 0 radical (unpaired) electrons. The molecule has 23 nitrogen and oxygen atoms in total. The first-order chi connectivity index (χ1) is 44.4. The third-order valence-electron chi connectivity index (χ3n) is 19.1. The molecule has 2 heterocycles. The molecule has 95 heavy (non-hydrogen) atoms. The number of likely N-dealkylation sites (N-methyl/N-ethyl adjacent to an activating group) is 4. The highest BCUT2D eigenvalue weighted by Gasteiger charge is 2.44. The van der Waals surface area contributed by atoms with Crippen molar-refractivity contribution < 1.29 is 67.3 Å². The lowest BCUT2D eigenvalue weighted by atomic mass is 9.85. The number of ketones is 4. The number of amides is 7. The minimum atomic E-state index is -1.66. The Morgan fingerprint density at radius 2 is 1.11 bits per heavy atom. The standard InChI is InChI=1S/C72H125N9O14/c1-21-55-58(82)40-50(14)69(90)80(20)64(52(16)95-33-27-26-30-81-31-34-94-35-32-81)61(85)42-54(46(8)9)72(93)78(18)56(37-44(4)5)59(83)39-49(13)66(87)74-51(15)70(91)77(17)57(38-45(6)7)60(84)41-53(36-43(2)3)71(92)79(19)63(47(10)11)68(89)76-62(67(88)75-55)65(86)48(12)28-24-22-23-25-29-73/h43-57,62-65,86H,21-28,30-42H2,1-20H3,(H,74,87)(H,75,88)(H,76,89)/t48-,49-,50+,51-,52-,53-,54+,55+,56+,57+,62+,63+,64+,65-/m1/s1. The number of hydrogen-bond donors (Lipinski definition) is 4. The number of carbonyl (C=O) groups excluding carboxylic acids is 11. The van der Waals surface area contributed by atoms with E-state index in [9.17, 15) is 53.1 Å². The minimum Gasteiger partial charge on any atom is -0.390 e. The van der Waals surface area contributed by atoms with Gasteiger partial charge in [0.05, 0.1) is 49.6 Å². The van der Waals surface area contributed by atoms with Crippen molar-refractivity contribution in [1.82, 2.24) is 40.4 Å². The molecule has 2 saturated heterocycles. The summed E-state index contributed by atoms with van der Waals surface area (Å²) in [7, 11) is 5.89. The zero-order valence-corrected chi connectivity index (χ0v) is 61.8. The second kappa shape index (κ2) is 42.2. The van der Waals surface area contributed by atoms with Crippen LogP contribution >= 0.6 is 0 Å². The first-order valence-electron chi connectivity index (χ1n) is 35.5. The van der Waals surface area contributed by atoms with Crippen LogP contribution in [0.1, 0.15) is 207 Å². The average Bonchev–Trinajstić information content (AvgIpc) is 0.847. The Balaban J connectivity index is 2.92. The van der Waals surface area contributed by atoms with E-state index in [1.165, 1.54) is 54.7 Å². The zero-order chi connectivity index (χ0) is 72.3. The summed E-state index contributed by atoms with van der Waals surface area (Å²) in [6.07, 6.45) is 1.06. The van der Waals surface area contributed by atoms with Gasteiger partial charge in [0.1, 0.15) is 24.2 Å². The third kappa shape index (κ3) is 27.3. The van der Waals surface area contributed by atoms with Gasteiger partial charge < -0.3 is 50.1 Å². The number of ether oxygens (including phenoxy) is 2. The van der Waals surface area contributed by atoms with Crippen LogP contribution in [-0.2, 0) is 62.2 Å². The summed E-state index contributed by atoms with van der Waals surface area (Å²) in [6.45, 7) is 32.1. The van der Waals surface area contributed by atoms with Gasteiger partial charge in [-0.15, -0.1) is 0 Å². The molecular formula is C72H125N9O14. The van der Waals surface area contributed by atoms with Crippen LogP contribution in [-0.4, -0.2) is 216 Å². The summed E-state index contributed by atoms with van der Waals surface area (Å²) in [5.41, 5.74) is 0. The lowest BCUT2D eigenvalue weighted by Crippen LogP contribution is -2.61. The van der Waals surface area contributed by atoms with Gasteiger partial charge in [0.2, 0.25) is 41.4 Å². The van der Waals surface area contributed by atoms with Gasteiger partial charge in [-0.1, -0.05) is 110 Å². The summed E-state index contributed by atoms with van der Waals surface area (Å²) < 4.78 is 11.9. The summed E-state index contributed by atoms with van der Waals surface area (Å²) in [5.74, 6) is -12.3. The number of hydrogen-bond acceptors (Lipinski definition) is 16. The molecular weight excluding hydrogens is 1210 g/mol. The Labute approximate surface area is 569 Å². The van der Waals surface area contributed by atoms with Crippen molar-refractivity contribution in [3.05, 3.63) is 0 Å². The van der Waals surface area contributed by atoms with Gasteiger partial charge in [-0.3, -0.25) is 57.6 Å². The molecule has 0 unspecified atom stereocenters. The Kier molecular flexibility index (Phi) is 37.9. The molecule has 0 aliphatic carbocycles. The molecule has 0 aromatic rings. The van der Waals surface area contributed by atoms with E-state index in [-0.39, 0.29) is 69.3 Å². The molecule has 0 bridgehead atoms. The van der Waals surface area contributed by atoms with Crippen LogP contribution in [0, 0.1) is 70.5 Å². The molecule has 14 atom stereocenters. The van der Waals surface area contributed by atoms with Crippen molar-refractivity contribution in [3.8, 4) is 6.07 Å². The number of nitriles is 1. The number of rotatable bonds is 23. The molecule has 2 rings (SSSR count). The molecule has 0 aromatic heterocycles. The molecule has 2 aliphatic heterocycles.